The fourth-order valence-corrected chi connectivity index (χ4v) is 3.98. The maximum atomic E-state index is 6.18. The van der Waals surface area contributed by atoms with Crippen LogP contribution in [0.15, 0.2) is 4.99 Å². The van der Waals surface area contributed by atoms with Gasteiger partial charge >= 0.3 is 0 Å². The Hall–Kier alpha value is -0.730. The van der Waals surface area contributed by atoms with Gasteiger partial charge < -0.3 is 10.6 Å². The lowest BCUT2D eigenvalue weighted by molar-refractivity contribution is 0.150. The second-order valence-electron chi connectivity index (χ2n) is 8.40. The first-order valence-electron chi connectivity index (χ1n) is 8.32. The number of aliphatic imine (C=N–C) groups is 1. The van der Waals surface area contributed by atoms with E-state index in [2.05, 4.69) is 44.5 Å². The van der Waals surface area contributed by atoms with E-state index in [0.29, 0.717) is 11.3 Å². The number of hydrogen-bond acceptors (Lipinski definition) is 3. The third kappa shape index (κ3) is 3.12. The van der Waals surface area contributed by atoms with Crippen molar-refractivity contribution in [1.82, 2.24) is 4.90 Å². The molecule has 0 bridgehead atoms. The quantitative estimate of drug-likeness (QED) is 0.838. The largest absolute Gasteiger partial charge is 0.370 e. The first kappa shape index (κ1) is 15.7. The normalized spacial score (nSPS) is 31.8. The van der Waals surface area contributed by atoms with Gasteiger partial charge in [-0.1, -0.05) is 41.0 Å². The molecule has 3 nitrogen and oxygen atoms in total. The third-order valence-corrected chi connectivity index (χ3v) is 5.31. The Balaban J connectivity index is 2.11. The molecule has 2 atom stereocenters. The van der Waals surface area contributed by atoms with Gasteiger partial charge in [0, 0.05) is 6.54 Å². The molecule has 2 unspecified atom stereocenters. The van der Waals surface area contributed by atoms with Crippen LogP contribution in [0.1, 0.15) is 66.7 Å². The van der Waals surface area contributed by atoms with Gasteiger partial charge in [-0.15, -0.1) is 0 Å². The Morgan fingerprint density at radius 1 is 1.30 bits per heavy atom. The molecule has 116 valence electrons. The van der Waals surface area contributed by atoms with Gasteiger partial charge in [-0.3, -0.25) is 4.99 Å². The van der Waals surface area contributed by atoms with Crippen LogP contribution in [0, 0.1) is 17.3 Å². The van der Waals surface area contributed by atoms with Crippen molar-refractivity contribution in [2.75, 3.05) is 13.1 Å². The van der Waals surface area contributed by atoms with Gasteiger partial charge in [0.05, 0.1) is 12.1 Å². The van der Waals surface area contributed by atoms with Crippen LogP contribution in [0.3, 0.4) is 0 Å². The fourth-order valence-electron chi connectivity index (χ4n) is 3.98. The number of rotatable bonds is 2. The number of guanidine groups is 1. The second-order valence-corrected chi connectivity index (χ2v) is 8.40. The predicted molar refractivity (Wildman–Crippen MR) is 86.8 cm³/mol. The van der Waals surface area contributed by atoms with Crippen LogP contribution in [0.2, 0.25) is 0 Å². The van der Waals surface area contributed by atoms with Crippen molar-refractivity contribution in [1.29, 1.82) is 0 Å². The van der Waals surface area contributed by atoms with E-state index in [1.165, 1.54) is 32.1 Å². The Kier molecular flexibility index (Phi) is 4.36. The Morgan fingerprint density at radius 3 is 2.60 bits per heavy atom. The minimum atomic E-state index is 0.231. The topological polar surface area (TPSA) is 41.6 Å². The highest BCUT2D eigenvalue weighted by atomic mass is 15.4. The van der Waals surface area contributed by atoms with Crippen molar-refractivity contribution in [3.63, 3.8) is 0 Å². The molecule has 2 rings (SSSR count). The summed E-state index contributed by atoms with van der Waals surface area (Å²) in [5.74, 6) is 2.26. The number of nitrogens with two attached hydrogens (primary N) is 1. The lowest BCUT2D eigenvalue weighted by Crippen LogP contribution is -2.52. The summed E-state index contributed by atoms with van der Waals surface area (Å²) in [6, 6.07) is 0. The zero-order valence-corrected chi connectivity index (χ0v) is 14.1. The van der Waals surface area contributed by atoms with Crippen molar-refractivity contribution in [3.8, 4) is 0 Å². The van der Waals surface area contributed by atoms with E-state index in [-0.39, 0.29) is 5.54 Å². The average molecular weight is 279 g/mol. The van der Waals surface area contributed by atoms with Crippen molar-refractivity contribution < 1.29 is 0 Å². The van der Waals surface area contributed by atoms with Crippen LogP contribution in [-0.2, 0) is 0 Å². The molecular formula is C17H33N3. The standard InChI is InChI=1S/C17H33N3/c1-13(2)11-20-15(18)19-12-17(20)9-6-7-14(8-10-17)16(3,4)5/h13-14H,6-12H2,1-5H3,(H2,18,19). The van der Waals surface area contributed by atoms with Gasteiger partial charge in [0.1, 0.15) is 0 Å². The van der Waals surface area contributed by atoms with E-state index in [1.54, 1.807) is 0 Å². The van der Waals surface area contributed by atoms with E-state index in [0.717, 1.165) is 25.0 Å². The van der Waals surface area contributed by atoms with Crippen LogP contribution >= 0.6 is 0 Å². The summed E-state index contributed by atoms with van der Waals surface area (Å²) >= 11 is 0. The molecule has 0 aromatic carbocycles. The molecule has 0 radical (unpaired) electrons. The molecule has 0 saturated heterocycles. The highest BCUT2D eigenvalue weighted by Gasteiger charge is 2.44. The van der Waals surface area contributed by atoms with Crippen LogP contribution in [0.25, 0.3) is 0 Å². The molecule has 1 aliphatic carbocycles. The van der Waals surface area contributed by atoms with Crippen LogP contribution < -0.4 is 5.73 Å². The first-order chi connectivity index (χ1) is 9.24. The van der Waals surface area contributed by atoms with Gasteiger partial charge in [-0.05, 0) is 42.9 Å². The molecule has 0 aromatic rings. The van der Waals surface area contributed by atoms with E-state index < -0.39 is 0 Å². The van der Waals surface area contributed by atoms with Crippen LogP contribution in [-0.4, -0.2) is 29.5 Å². The average Bonchev–Trinajstić information content (AvgIpc) is 2.52. The molecule has 1 heterocycles. The van der Waals surface area contributed by atoms with Gasteiger partial charge in [0.2, 0.25) is 0 Å². The molecular weight excluding hydrogens is 246 g/mol. The maximum Gasteiger partial charge on any atom is 0.191 e. The van der Waals surface area contributed by atoms with E-state index in [9.17, 15) is 0 Å². The summed E-state index contributed by atoms with van der Waals surface area (Å²) in [5.41, 5.74) is 6.84. The molecule has 0 amide bonds. The molecule has 1 saturated carbocycles. The molecule has 2 N–H and O–H groups in total. The first-order valence-corrected chi connectivity index (χ1v) is 8.32. The monoisotopic (exact) mass is 279 g/mol. The predicted octanol–water partition coefficient (Wildman–Crippen LogP) is 3.64. The highest BCUT2D eigenvalue weighted by molar-refractivity contribution is 5.81. The van der Waals surface area contributed by atoms with Crippen LogP contribution in [0.4, 0.5) is 0 Å². The summed E-state index contributed by atoms with van der Waals surface area (Å²) in [7, 11) is 0. The molecule has 0 aromatic heterocycles. The lowest BCUT2D eigenvalue weighted by atomic mass is 9.76. The molecule has 1 fully saturated rings. The zero-order valence-electron chi connectivity index (χ0n) is 14.1. The van der Waals surface area contributed by atoms with Gasteiger partial charge in [-0.2, -0.15) is 0 Å². The molecule has 1 spiro atoms. The maximum absolute atomic E-state index is 6.18. The van der Waals surface area contributed by atoms with Gasteiger partial charge in [0.15, 0.2) is 5.96 Å². The van der Waals surface area contributed by atoms with E-state index >= 15 is 0 Å². The Bertz CT molecular complexity index is 367. The van der Waals surface area contributed by atoms with E-state index in [1.807, 2.05) is 0 Å². The van der Waals surface area contributed by atoms with E-state index in [4.69, 9.17) is 5.73 Å². The summed E-state index contributed by atoms with van der Waals surface area (Å²) in [4.78, 5) is 7.03. The van der Waals surface area contributed by atoms with Gasteiger partial charge in [-0.25, -0.2) is 0 Å². The number of nitrogens with zero attached hydrogens (tertiary/aromatic N) is 2. The number of hydrogen-bond donors (Lipinski definition) is 1. The van der Waals surface area contributed by atoms with Crippen molar-refractivity contribution in [2.45, 2.75) is 72.3 Å². The smallest absolute Gasteiger partial charge is 0.191 e. The second kappa shape index (κ2) is 5.57. The third-order valence-electron chi connectivity index (χ3n) is 5.31. The van der Waals surface area contributed by atoms with Crippen molar-refractivity contribution in [2.24, 2.45) is 28.0 Å². The van der Waals surface area contributed by atoms with Crippen LogP contribution in [0.5, 0.6) is 0 Å². The summed E-state index contributed by atoms with van der Waals surface area (Å²) in [6.07, 6.45) is 6.52. The Labute approximate surface area is 125 Å². The van der Waals surface area contributed by atoms with Crippen molar-refractivity contribution in [3.05, 3.63) is 0 Å². The minimum Gasteiger partial charge on any atom is -0.370 e. The SMILES string of the molecule is CC(C)CN1C(N)=NCC12CCCC(C(C)(C)C)CC2. The molecule has 20 heavy (non-hydrogen) atoms. The molecule has 1 aliphatic heterocycles. The Morgan fingerprint density at radius 2 is 2.00 bits per heavy atom. The molecule has 3 heteroatoms. The lowest BCUT2D eigenvalue weighted by Gasteiger charge is -2.40. The molecule has 2 aliphatic rings. The highest BCUT2D eigenvalue weighted by Crippen LogP contribution is 2.43. The zero-order chi connectivity index (χ0) is 15.0. The fraction of sp³-hybridized carbons (Fsp3) is 0.941. The van der Waals surface area contributed by atoms with Crippen molar-refractivity contribution >= 4 is 5.96 Å². The summed E-state index contributed by atoms with van der Waals surface area (Å²) in [6.45, 7) is 13.7. The summed E-state index contributed by atoms with van der Waals surface area (Å²) < 4.78 is 0. The van der Waals surface area contributed by atoms with Gasteiger partial charge in [0.25, 0.3) is 0 Å². The summed E-state index contributed by atoms with van der Waals surface area (Å²) in [5, 5.41) is 0. The minimum absolute atomic E-state index is 0.231.